The van der Waals surface area contributed by atoms with Gasteiger partial charge >= 0.3 is 0 Å². The predicted octanol–water partition coefficient (Wildman–Crippen LogP) is 6.42. The highest BCUT2D eigenvalue weighted by Crippen LogP contribution is 2.49. The van der Waals surface area contributed by atoms with E-state index in [-0.39, 0.29) is 17.1 Å². The lowest BCUT2D eigenvalue weighted by Crippen LogP contribution is -2.39. The van der Waals surface area contributed by atoms with Crippen molar-refractivity contribution in [3.63, 3.8) is 0 Å². The Morgan fingerprint density at radius 3 is 2.58 bits per heavy atom. The van der Waals surface area contributed by atoms with Gasteiger partial charge in [-0.05, 0) is 36.5 Å². The molecule has 0 unspecified atom stereocenters. The monoisotopic (exact) mass is 446 g/mol. The first-order valence-electron chi connectivity index (χ1n) is 11.9. The van der Waals surface area contributed by atoms with E-state index in [1.807, 2.05) is 53.4 Å². The number of unbranched alkanes of at least 4 members (excludes halogenated alkanes) is 2. The zero-order valence-corrected chi connectivity index (χ0v) is 20.1. The fourth-order valence-electron chi connectivity index (χ4n) is 5.10. The summed E-state index contributed by atoms with van der Waals surface area (Å²) in [6.45, 7) is 6.38. The number of amides is 1. The Hall–Kier alpha value is -3.08. The molecule has 2 aliphatic rings. The molecule has 5 nitrogen and oxygen atoms in total. The maximum Gasteiger partial charge on any atom is 0.227 e. The topological polar surface area (TPSA) is 58.6 Å². The second-order valence-electron chi connectivity index (χ2n) is 9.84. The summed E-state index contributed by atoms with van der Waals surface area (Å²) in [5, 5.41) is 3.56. The lowest BCUT2D eigenvalue weighted by atomic mass is 9.73. The van der Waals surface area contributed by atoms with Gasteiger partial charge in [-0.3, -0.25) is 14.5 Å². The molecule has 1 aliphatic carbocycles. The van der Waals surface area contributed by atoms with Gasteiger partial charge in [-0.25, -0.2) is 0 Å². The molecule has 2 aromatic rings. The fourth-order valence-corrected chi connectivity index (χ4v) is 5.10. The van der Waals surface area contributed by atoms with Crippen LogP contribution in [0.25, 0.3) is 0 Å². The first kappa shape index (κ1) is 23.1. The minimum absolute atomic E-state index is 0.0278. The van der Waals surface area contributed by atoms with Crippen molar-refractivity contribution >= 4 is 23.1 Å². The minimum Gasteiger partial charge on any atom is -0.496 e. The predicted molar refractivity (Wildman–Crippen MR) is 132 cm³/mol. The van der Waals surface area contributed by atoms with E-state index in [1.165, 1.54) is 0 Å². The summed E-state index contributed by atoms with van der Waals surface area (Å²) in [6, 6.07) is 15.1. The van der Waals surface area contributed by atoms with Gasteiger partial charge in [0.1, 0.15) is 5.75 Å². The molecular weight excluding hydrogens is 412 g/mol. The van der Waals surface area contributed by atoms with Crippen LogP contribution in [0.1, 0.15) is 70.9 Å². The Morgan fingerprint density at radius 2 is 1.82 bits per heavy atom. The average molecular weight is 447 g/mol. The number of hydrogen-bond donors (Lipinski definition) is 1. The zero-order chi connectivity index (χ0) is 23.6. The molecule has 0 bridgehead atoms. The summed E-state index contributed by atoms with van der Waals surface area (Å²) >= 11 is 0. The summed E-state index contributed by atoms with van der Waals surface area (Å²) < 4.78 is 5.72. The summed E-state index contributed by atoms with van der Waals surface area (Å²) in [4.78, 5) is 29.3. The number of methoxy groups -OCH3 is 1. The molecule has 5 heteroatoms. The first-order valence-corrected chi connectivity index (χ1v) is 11.9. The maximum atomic E-state index is 13.8. The van der Waals surface area contributed by atoms with Crippen molar-refractivity contribution in [2.45, 2.75) is 65.3 Å². The van der Waals surface area contributed by atoms with E-state index < -0.39 is 6.04 Å². The van der Waals surface area contributed by atoms with Crippen molar-refractivity contribution in [2.24, 2.45) is 5.41 Å². The van der Waals surface area contributed by atoms with Gasteiger partial charge < -0.3 is 10.1 Å². The lowest BCUT2D eigenvalue weighted by molar-refractivity contribution is -0.119. The summed E-state index contributed by atoms with van der Waals surface area (Å²) in [5.41, 5.74) is 3.93. The van der Waals surface area contributed by atoms with Gasteiger partial charge in [0.15, 0.2) is 5.78 Å². The number of Topliss-reactive ketones (excluding diaryl/α,β-unsaturated/α-hetero) is 1. The van der Waals surface area contributed by atoms with Gasteiger partial charge in [0.05, 0.1) is 24.5 Å². The van der Waals surface area contributed by atoms with E-state index in [0.29, 0.717) is 24.2 Å². The zero-order valence-electron chi connectivity index (χ0n) is 20.1. The van der Waals surface area contributed by atoms with E-state index in [4.69, 9.17) is 4.74 Å². The van der Waals surface area contributed by atoms with Gasteiger partial charge in [0.25, 0.3) is 0 Å². The van der Waals surface area contributed by atoms with Gasteiger partial charge in [-0.2, -0.15) is 0 Å². The number of ketones is 1. The van der Waals surface area contributed by atoms with Crippen molar-refractivity contribution in [2.75, 3.05) is 17.3 Å². The van der Waals surface area contributed by atoms with Gasteiger partial charge in [-0.15, -0.1) is 0 Å². The maximum absolute atomic E-state index is 13.8. The molecule has 1 atom stereocenters. The van der Waals surface area contributed by atoms with Crippen LogP contribution in [0.15, 0.2) is 59.8 Å². The van der Waals surface area contributed by atoms with E-state index in [1.54, 1.807) is 7.11 Å². The third-order valence-electron chi connectivity index (χ3n) is 6.60. The highest BCUT2D eigenvalue weighted by atomic mass is 16.5. The normalized spacial score (nSPS) is 19.3. The van der Waals surface area contributed by atoms with Crippen molar-refractivity contribution in [3.05, 3.63) is 65.4 Å². The molecule has 0 saturated heterocycles. The molecule has 0 radical (unpaired) electrons. The number of carbonyl (C=O) groups excluding carboxylic acids is 2. The van der Waals surface area contributed by atoms with Crippen LogP contribution in [0.4, 0.5) is 11.4 Å². The summed E-state index contributed by atoms with van der Waals surface area (Å²) in [6.07, 6.45) is 4.51. The van der Waals surface area contributed by atoms with Crippen molar-refractivity contribution < 1.29 is 14.3 Å². The molecule has 0 spiro atoms. The number of allylic oxidation sites excluding steroid dienone is 1. The van der Waals surface area contributed by atoms with Crippen LogP contribution >= 0.6 is 0 Å². The molecule has 1 aliphatic heterocycles. The van der Waals surface area contributed by atoms with E-state index in [2.05, 4.69) is 26.1 Å². The van der Waals surface area contributed by atoms with Crippen molar-refractivity contribution in [3.8, 4) is 5.75 Å². The standard InChI is InChI=1S/C28H34N2O3/c1-5-6-7-16-25(32)30-22-14-10-9-13-20(22)29-21-17-28(2,3)18-23(31)26(21)27(30)19-12-8-11-15-24(19)33-4/h8-15,27,29H,5-7,16-18H2,1-4H3/t27-/m1/s1. The van der Waals surface area contributed by atoms with Gasteiger partial charge in [0, 0.05) is 29.7 Å². The Kier molecular flexibility index (Phi) is 6.59. The quantitative estimate of drug-likeness (QED) is 0.520. The Balaban J connectivity index is 1.96. The number of ether oxygens (including phenoxy) is 1. The van der Waals surface area contributed by atoms with E-state index >= 15 is 0 Å². The molecule has 174 valence electrons. The van der Waals surface area contributed by atoms with Crippen LogP contribution < -0.4 is 15.0 Å². The SMILES string of the molecule is CCCCCC(=O)N1c2ccccc2NC2=C(C(=O)CC(C)(C)C2)[C@H]1c1ccccc1OC. The molecule has 1 heterocycles. The van der Waals surface area contributed by atoms with Crippen LogP contribution in [-0.4, -0.2) is 18.8 Å². The van der Waals surface area contributed by atoms with Crippen LogP contribution in [0.5, 0.6) is 5.75 Å². The van der Waals surface area contributed by atoms with Crippen LogP contribution in [0.2, 0.25) is 0 Å². The minimum atomic E-state index is -0.537. The highest BCUT2D eigenvalue weighted by molar-refractivity contribution is 6.06. The van der Waals surface area contributed by atoms with E-state index in [0.717, 1.165) is 48.3 Å². The first-order chi connectivity index (χ1) is 15.9. The highest BCUT2D eigenvalue weighted by Gasteiger charge is 2.43. The molecule has 0 fully saturated rings. The molecule has 1 N–H and O–H groups in total. The number of anilines is 2. The third-order valence-corrected chi connectivity index (χ3v) is 6.60. The number of carbonyl (C=O) groups is 2. The number of nitrogens with one attached hydrogen (secondary N) is 1. The molecule has 33 heavy (non-hydrogen) atoms. The Morgan fingerprint density at radius 1 is 1.09 bits per heavy atom. The number of fused-ring (bicyclic) bond motifs is 1. The summed E-state index contributed by atoms with van der Waals surface area (Å²) in [7, 11) is 1.64. The fraction of sp³-hybridized carbons (Fsp3) is 0.429. The van der Waals surface area contributed by atoms with Crippen LogP contribution in [0.3, 0.4) is 0 Å². The van der Waals surface area contributed by atoms with Crippen molar-refractivity contribution in [1.29, 1.82) is 0 Å². The lowest BCUT2D eigenvalue weighted by Gasteiger charge is -2.37. The number of rotatable bonds is 6. The smallest absolute Gasteiger partial charge is 0.227 e. The van der Waals surface area contributed by atoms with E-state index in [9.17, 15) is 9.59 Å². The van der Waals surface area contributed by atoms with Crippen LogP contribution in [0, 0.1) is 5.41 Å². The van der Waals surface area contributed by atoms with Gasteiger partial charge in [0.2, 0.25) is 5.91 Å². The van der Waals surface area contributed by atoms with Crippen LogP contribution in [-0.2, 0) is 9.59 Å². The second kappa shape index (κ2) is 9.42. The Labute approximate surface area is 196 Å². The largest absolute Gasteiger partial charge is 0.496 e. The average Bonchev–Trinajstić information content (AvgIpc) is 2.92. The molecule has 2 aromatic carbocycles. The molecule has 0 saturated carbocycles. The second-order valence-corrected chi connectivity index (χ2v) is 9.84. The summed E-state index contributed by atoms with van der Waals surface area (Å²) in [5.74, 6) is 0.793. The molecular formula is C28H34N2O3. The number of nitrogens with zero attached hydrogens (tertiary/aromatic N) is 1. The van der Waals surface area contributed by atoms with Gasteiger partial charge in [-0.1, -0.05) is 63.9 Å². The molecule has 4 rings (SSSR count). The number of hydrogen-bond acceptors (Lipinski definition) is 4. The molecule has 1 amide bonds. The number of para-hydroxylation sites is 3. The Bertz CT molecular complexity index is 1090. The molecule has 0 aromatic heterocycles. The van der Waals surface area contributed by atoms with Crippen molar-refractivity contribution in [1.82, 2.24) is 0 Å². The number of benzene rings is 2. The third kappa shape index (κ3) is 4.54.